The number of nitrogens with zero attached hydrogens (tertiary/aromatic N) is 3. The van der Waals surface area contributed by atoms with Gasteiger partial charge in [-0.3, -0.25) is 20.3 Å². The number of hydrogen-bond donors (Lipinski definition) is 3. The standard InChI is InChI=1S/C17H26N6OS2/c1-9(2)26-13-11(8-18-14-12(13)10(3)22-23(14)7)15(24)20-21-16(25)19-17(4,5)6/h8-9H,1-7H3,(H,20,24)(H2,19,21,25). The van der Waals surface area contributed by atoms with Gasteiger partial charge in [0.05, 0.1) is 16.6 Å². The molecule has 0 bridgehead atoms. The molecule has 0 radical (unpaired) electrons. The highest BCUT2D eigenvalue weighted by Gasteiger charge is 2.21. The molecule has 0 aliphatic rings. The average molecular weight is 395 g/mol. The number of aromatic nitrogens is 3. The highest BCUT2D eigenvalue weighted by molar-refractivity contribution is 8.00. The molecular weight excluding hydrogens is 368 g/mol. The molecule has 0 aromatic carbocycles. The number of hydrazine groups is 1. The molecule has 7 nitrogen and oxygen atoms in total. The van der Waals surface area contributed by atoms with E-state index >= 15 is 0 Å². The molecular formula is C17H26N6OS2. The Balaban J connectivity index is 2.31. The summed E-state index contributed by atoms with van der Waals surface area (Å²) in [4.78, 5) is 18.0. The van der Waals surface area contributed by atoms with Gasteiger partial charge in [0.15, 0.2) is 10.8 Å². The van der Waals surface area contributed by atoms with Crippen LogP contribution in [0.1, 0.15) is 50.7 Å². The van der Waals surface area contributed by atoms with E-state index in [2.05, 4.69) is 40.1 Å². The highest BCUT2D eigenvalue weighted by atomic mass is 32.2. The number of pyridine rings is 1. The summed E-state index contributed by atoms with van der Waals surface area (Å²) in [6, 6.07) is 0. The van der Waals surface area contributed by atoms with E-state index in [-0.39, 0.29) is 11.4 Å². The van der Waals surface area contributed by atoms with Gasteiger partial charge in [-0.05, 0) is 39.9 Å². The molecule has 0 aliphatic carbocycles. The van der Waals surface area contributed by atoms with Crippen molar-refractivity contribution in [3.05, 3.63) is 17.5 Å². The largest absolute Gasteiger partial charge is 0.357 e. The first-order chi connectivity index (χ1) is 12.0. The first-order valence-electron chi connectivity index (χ1n) is 8.37. The van der Waals surface area contributed by atoms with Crippen molar-refractivity contribution in [2.24, 2.45) is 7.05 Å². The van der Waals surface area contributed by atoms with Crippen LogP contribution in [-0.2, 0) is 7.05 Å². The fraction of sp³-hybridized carbons (Fsp3) is 0.529. The summed E-state index contributed by atoms with van der Waals surface area (Å²) in [5, 5.41) is 9.10. The van der Waals surface area contributed by atoms with Crippen molar-refractivity contribution >= 4 is 46.0 Å². The Morgan fingerprint density at radius 3 is 2.54 bits per heavy atom. The normalized spacial score (nSPS) is 11.7. The summed E-state index contributed by atoms with van der Waals surface area (Å²) in [7, 11) is 1.85. The van der Waals surface area contributed by atoms with E-state index in [1.807, 2.05) is 34.7 Å². The van der Waals surface area contributed by atoms with Gasteiger partial charge in [-0.25, -0.2) is 4.98 Å². The van der Waals surface area contributed by atoms with E-state index in [1.54, 1.807) is 22.6 Å². The van der Waals surface area contributed by atoms with Crippen LogP contribution in [0.2, 0.25) is 0 Å². The Morgan fingerprint density at radius 2 is 1.96 bits per heavy atom. The quantitative estimate of drug-likeness (QED) is 0.419. The molecule has 2 aromatic heterocycles. The maximum atomic E-state index is 12.7. The predicted octanol–water partition coefficient (Wildman–Crippen LogP) is 2.68. The van der Waals surface area contributed by atoms with Crippen LogP contribution < -0.4 is 16.2 Å². The monoisotopic (exact) mass is 394 g/mol. The van der Waals surface area contributed by atoms with Crippen LogP contribution in [0.15, 0.2) is 11.1 Å². The Morgan fingerprint density at radius 1 is 1.31 bits per heavy atom. The molecule has 0 saturated carbocycles. The number of amides is 1. The van der Waals surface area contributed by atoms with E-state index in [9.17, 15) is 4.79 Å². The molecule has 0 fully saturated rings. The molecule has 2 aromatic rings. The van der Waals surface area contributed by atoms with Gasteiger partial charge in [-0.15, -0.1) is 11.8 Å². The number of carbonyl (C=O) groups is 1. The minimum Gasteiger partial charge on any atom is -0.357 e. The summed E-state index contributed by atoms with van der Waals surface area (Å²) in [6.45, 7) is 12.1. The number of thiocarbonyl (C=S) groups is 1. The van der Waals surface area contributed by atoms with Gasteiger partial charge in [-0.1, -0.05) is 13.8 Å². The van der Waals surface area contributed by atoms with Crippen LogP contribution in [0.4, 0.5) is 0 Å². The third-order valence-electron chi connectivity index (χ3n) is 3.36. The van der Waals surface area contributed by atoms with Crippen molar-refractivity contribution in [3.8, 4) is 0 Å². The van der Waals surface area contributed by atoms with Gasteiger partial charge in [0.2, 0.25) is 0 Å². The molecule has 0 aliphatic heterocycles. The lowest BCUT2D eigenvalue weighted by atomic mass is 10.1. The van der Waals surface area contributed by atoms with Crippen LogP contribution in [0.3, 0.4) is 0 Å². The fourth-order valence-corrected chi connectivity index (χ4v) is 3.91. The lowest BCUT2D eigenvalue weighted by molar-refractivity contribution is 0.0940. The second kappa shape index (κ2) is 7.79. The van der Waals surface area contributed by atoms with Gasteiger partial charge < -0.3 is 5.32 Å². The van der Waals surface area contributed by atoms with Gasteiger partial charge in [-0.2, -0.15) is 5.10 Å². The number of aryl methyl sites for hydroxylation is 2. The fourth-order valence-electron chi connectivity index (χ4n) is 2.45. The van der Waals surface area contributed by atoms with Gasteiger partial charge in [0.1, 0.15) is 0 Å². The summed E-state index contributed by atoms with van der Waals surface area (Å²) in [6.07, 6.45) is 1.59. The average Bonchev–Trinajstić information content (AvgIpc) is 2.78. The zero-order chi connectivity index (χ0) is 19.6. The van der Waals surface area contributed by atoms with E-state index in [0.29, 0.717) is 15.9 Å². The second-order valence-corrected chi connectivity index (χ2v) is 9.35. The van der Waals surface area contributed by atoms with Crippen LogP contribution in [0, 0.1) is 6.92 Å². The lowest BCUT2D eigenvalue weighted by Gasteiger charge is -2.23. The Labute approximate surface area is 163 Å². The van der Waals surface area contributed by atoms with Crippen molar-refractivity contribution in [2.45, 2.75) is 57.2 Å². The molecule has 0 saturated heterocycles. The van der Waals surface area contributed by atoms with Crippen molar-refractivity contribution in [1.82, 2.24) is 30.9 Å². The zero-order valence-electron chi connectivity index (χ0n) is 16.2. The molecule has 0 atom stereocenters. The first-order valence-corrected chi connectivity index (χ1v) is 9.66. The molecule has 0 spiro atoms. The van der Waals surface area contributed by atoms with Crippen molar-refractivity contribution in [1.29, 1.82) is 0 Å². The van der Waals surface area contributed by atoms with Crippen LogP contribution in [0.25, 0.3) is 11.0 Å². The molecule has 142 valence electrons. The molecule has 26 heavy (non-hydrogen) atoms. The molecule has 1 amide bonds. The number of nitrogens with one attached hydrogen (secondary N) is 3. The molecule has 3 N–H and O–H groups in total. The summed E-state index contributed by atoms with van der Waals surface area (Å²) < 4.78 is 1.73. The Bertz CT molecular complexity index is 838. The van der Waals surface area contributed by atoms with E-state index in [4.69, 9.17) is 12.2 Å². The Kier molecular flexibility index (Phi) is 6.13. The molecule has 2 rings (SSSR count). The van der Waals surface area contributed by atoms with Gasteiger partial charge in [0.25, 0.3) is 5.91 Å². The van der Waals surface area contributed by atoms with E-state index in [1.165, 1.54) is 0 Å². The van der Waals surface area contributed by atoms with Crippen molar-refractivity contribution < 1.29 is 4.79 Å². The number of hydrogen-bond acceptors (Lipinski definition) is 5. The zero-order valence-corrected chi connectivity index (χ0v) is 17.9. The van der Waals surface area contributed by atoms with Crippen molar-refractivity contribution in [2.75, 3.05) is 0 Å². The number of carbonyl (C=O) groups excluding carboxylic acids is 1. The summed E-state index contributed by atoms with van der Waals surface area (Å²) in [5.74, 6) is -0.288. The lowest BCUT2D eigenvalue weighted by Crippen LogP contribution is -2.52. The SMILES string of the molecule is Cc1nn(C)c2ncc(C(=O)NNC(=S)NC(C)(C)C)c(SC(C)C)c12. The minimum atomic E-state index is -0.288. The van der Waals surface area contributed by atoms with Crippen LogP contribution in [0.5, 0.6) is 0 Å². The Hall–Kier alpha value is -1.87. The molecule has 2 heterocycles. The summed E-state index contributed by atoms with van der Waals surface area (Å²) >= 11 is 6.83. The molecule has 0 unspecified atom stereocenters. The first kappa shape index (κ1) is 20.4. The number of rotatable bonds is 3. The summed E-state index contributed by atoms with van der Waals surface area (Å²) in [5.41, 5.74) is 7.32. The smallest absolute Gasteiger partial charge is 0.272 e. The number of thioether (sulfide) groups is 1. The maximum absolute atomic E-state index is 12.7. The minimum absolute atomic E-state index is 0.194. The topological polar surface area (TPSA) is 83.9 Å². The molecule has 9 heteroatoms. The predicted molar refractivity (Wildman–Crippen MR) is 110 cm³/mol. The third-order valence-corrected chi connectivity index (χ3v) is 4.69. The van der Waals surface area contributed by atoms with Crippen LogP contribution in [-0.4, -0.2) is 36.6 Å². The number of fused-ring (bicyclic) bond motifs is 1. The van der Waals surface area contributed by atoms with Gasteiger partial charge >= 0.3 is 0 Å². The van der Waals surface area contributed by atoms with Crippen molar-refractivity contribution in [3.63, 3.8) is 0 Å². The van der Waals surface area contributed by atoms with Gasteiger partial charge in [0, 0.05) is 28.9 Å². The van der Waals surface area contributed by atoms with E-state index < -0.39 is 0 Å². The third kappa shape index (κ3) is 4.85. The highest BCUT2D eigenvalue weighted by Crippen LogP contribution is 2.34. The maximum Gasteiger partial charge on any atom is 0.272 e. The second-order valence-electron chi connectivity index (χ2n) is 7.36. The van der Waals surface area contributed by atoms with Crippen LogP contribution >= 0.6 is 24.0 Å². The van der Waals surface area contributed by atoms with E-state index in [0.717, 1.165) is 21.6 Å².